The summed E-state index contributed by atoms with van der Waals surface area (Å²) in [5, 5.41) is 3.44. The van der Waals surface area contributed by atoms with E-state index in [0.29, 0.717) is 12.0 Å². The van der Waals surface area contributed by atoms with Gasteiger partial charge in [-0.2, -0.15) is 0 Å². The molecular weight excluding hydrogens is 242 g/mol. The highest BCUT2D eigenvalue weighted by Crippen LogP contribution is 2.24. The standard InChI is InChI=1S/C19H25N/c1-5-20-15(4)17-8-12-19(13-9-17)18-10-6-16(7-11-18)14(2)3/h6-15,20H,5H2,1-4H3. The normalized spacial score (nSPS) is 12.7. The fourth-order valence-corrected chi connectivity index (χ4v) is 2.45. The summed E-state index contributed by atoms with van der Waals surface area (Å²) in [5.41, 5.74) is 5.31. The topological polar surface area (TPSA) is 12.0 Å². The highest BCUT2D eigenvalue weighted by Gasteiger charge is 2.04. The van der Waals surface area contributed by atoms with Crippen molar-refractivity contribution < 1.29 is 0 Å². The lowest BCUT2D eigenvalue weighted by Crippen LogP contribution is -2.17. The molecule has 2 rings (SSSR count). The van der Waals surface area contributed by atoms with Gasteiger partial charge in [0.05, 0.1) is 0 Å². The van der Waals surface area contributed by atoms with Crippen LogP contribution in [-0.2, 0) is 0 Å². The van der Waals surface area contributed by atoms with Crippen molar-refractivity contribution in [2.24, 2.45) is 0 Å². The predicted molar refractivity (Wildman–Crippen MR) is 88.1 cm³/mol. The highest BCUT2D eigenvalue weighted by atomic mass is 14.9. The molecule has 0 aliphatic heterocycles. The largest absolute Gasteiger partial charge is 0.310 e. The summed E-state index contributed by atoms with van der Waals surface area (Å²) >= 11 is 0. The van der Waals surface area contributed by atoms with Crippen LogP contribution < -0.4 is 5.32 Å². The minimum absolute atomic E-state index is 0.414. The van der Waals surface area contributed by atoms with Gasteiger partial charge >= 0.3 is 0 Å². The summed E-state index contributed by atoms with van der Waals surface area (Å²) in [6.45, 7) is 9.80. The number of hydrogen-bond donors (Lipinski definition) is 1. The van der Waals surface area contributed by atoms with Crippen LogP contribution in [0, 0.1) is 0 Å². The maximum Gasteiger partial charge on any atom is 0.0291 e. The third-order valence-electron chi connectivity index (χ3n) is 3.83. The molecule has 2 aromatic carbocycles. The smallest absolute Gasteiger partial charge is 0.0291 e. The average molecular weight is 267 g/mol. The highest BCUT2D eigenvalue weighted by molar-refractivity contribution is 5.64. The van der Waals surface area contributed by atoms with Gasteiger partial charge in [0, 0.05) is 6.04 Å². The number of nitrogens with one attached hydrogen (secondary N) is 1. The van der Waals surface area contributed by atoms with Crippen molar-refractivity contribution in [1.29, 1.82) is 0 Å². The number of rotatable bonds is 5. The van der Waals surface area contributed by atoms with E-state index in [-0.39, 0.29) is 0 Å². The quantitative estimate of drug-likeness (QED) is 0.790. The molecular formula is C19H25N. The molecule has 20 heavy (non-hydrogen) atoms. The van der Waals surface area contributed by atoms with Gasteiger partial charge in [-0.15, -0.1) is 0 Å². The van der Waals surface area contributed by atoms with Gasteiger partial charge in [0.1, 0.15) is 0 Å². The first-order valence-corrected chi connectivity index (χ1v) is 7.55. The number of benzene rings is 2. The lowest BCUT2D eigenvalue weighted by molar-refractivity contribution is 0.598. The number of hydrogen-bond acceptors (Lipinski definition) is 1. The van der Waals surface area contributed by atoms with Gasteiger partial charge in [-0.1, -0.05) is 69.3 Å². The summed E-state index contributed by atoms with van der Waals surface area (Å²) in [6.07, 6.45) is 0. The van der Waals surface area contributed by atoms with Crippen LogP contribution in [0.25, 0.3) is 11.1 Å². The Labute approximate surface area is 123 Å². The van der Waals surface area contributed by atoms with Crippen LogP contribution in [0.1, 0.15) is 50.8 Å². The molecule has 0 saturated heterocycles. The van der Waals surface area contributed by atoms with Gasteiger partial charge in [0.15, 0.2) is 0 Å². The molecule has 0 aliphatic carbocycles. The molecule has 106 valence electrons. The van der Waals surface area contributed by atoms with Gasteiger partial charge in [-0.25, -0.2) is 0 Å². The molecule has 0 aromatic heterocycles. The maximum absolute atomic E-state index is 3.44. The summed E-state index contributed by atoms with van der Waals surface area (Å²) in [5.74, 6) is 0.590. The summed E-state index contributed by atoms with van der Waals surface area (Å²) in [6, 6.07) is 18.2. The summed E-state index contributed by atoms with van der Waals surface area (Å²) in [4.78, 5) is 0. The van der Waals surface area contributed by atoms with E-state index in [9.17, 15) is 0 Å². The first-order valence-electron chi connectivity index (χ1n) is 7.55. The fraction of sp³-hybridized carbons (Fsp3) is 0.368. The van der Waals surface area contributed by atoms with E-state index in [1.807, 2.05) is 0 Å². The van der Waals surface area contributed by atoms with Crippen LogP contribution in [0.2, 0.25) is 0 Å². The SMILES string of the molecule is CCNC(C)c1ccc(-c2ccc(C(C)C)cc2)cc1. The van der Waals surface area contributed by atoms with Crippen molar-refractivity contribution in [1.82, 2.24) is 5.32 Å². The average Bonchev–Trinajstić information content (AvgIpc) is 2.48. The van der Waals surface area contributed by atoms with Crippen molar-refractivity contribution in [2.75, 3.05) is 6.54 Å². The van der Waals surface area contributed by atoms with Gasteiger partial charge in [-0.3, -0.25) is 0 Å². The van der Waals surface area contributed by atoms with E-state index in [1.54, 1.807) is 0 Å². The molecule has 1 N–H and O–H groups in total. The van der Waals surface area contributed by atoms with Gasteiger partial charge in [0.2, 0.25) is 0 Å². The van der Waals surface area contributed by atoms with Crippen molar-refractivity contribution in [3.63, 3.8) is 0 Å². The predicted octanol–water partition coefficient (Wildman–Crippen LogP) is 5.15. The second-order valence-corrected chi connectivity index (χ2v) is 5.68. The van der Waals surface area contributed by atoms with E-state index in [0.717, 1.165) is 6.54 Å². The van der Waals surface area contributed by atoms with E-state index < -0.39 is 0 Å². The molecule has 0 amide bonds. The van der Waals surface area contributed by atoms with Crippen LogP contribution in [-0.4, -0.2) is 6.54 Å². The van der Waals surface area contributed by atoms with E-state index in [4.69, 9.17) is 0 Å². The molecule has 0 spiro atoms. The monoisotopic (exact) mass is 267 g/mol. The van der Waals surface area contributed by atoms with Gasteiger partial charge in [0.25, 0.3) is 0 Å². The Hall–Kier alpha value is -1.60. The molecule has 0 heterocycles. The molecule has 2 aromatic rings. The minimum atomic E-state index is 0.414. The minimum Gasteiger partial charge on any atom is -0.310 e. The molecule has 0 bridgehead atoms. The molecule has 0 aliphatic rings. The molecule has 0 radical (unpaired) electrons. The zero-order valence-electron chi connectivity index (χ0n) is 13.0. The van der Waals surface area contributed by atoms with Crippen LogP contribution in [0.3, 0.4) is 0 Å². The van der Waals surface area contributed by atoms with Crippen LogP contribution >= 0.6 is 0 Å². The van der Waals surface area contributed by atoms with Crippen LogP contribution in [0.4, 0.5) is 0 Å². The van der Waals surface area contributed by atoms with Crippen molar-refractivity contribution >= 4 is 0 Å². The van der Waals surface area contributed by atoms with Gasteiger partial charge in [-0.05, 0) is 41.6 Å². The maximum atomic E-state index is 3.44. The van der Waals surface area contributed by atoms with E-state index in [2.05, 4.69) is 81.5 Å². The Bertz CT molecular complexity index is 523. The van der Waals surface area contributed by atoms with Crippen molar-refractivity contribution in [2.45, 2.75) is 39.7 Å². The molecule has 1 atom stereocenters. The Morgan fingerprint density at radius 3 is 1.60 bits per heavy atom. The van der Waals surface area contributed by atoms with Gasteiger partial charge < -0.3 is 5.32 Å². The second-order valence-electron chi connectivity index (χ2n) is 5.68. The fourth-order valence-electron chi connectivity index (χ4n) is 2.45. The second kappa shape index (κ2) is 6.71. The Balaban J connectivity index is 2.17. The first-order chi connectivity index (χ1) is 9.61. The zero-order chi connectivity index (χ0) is 14.5. The Morgan fingerprint density at radius 1 is 0.750 bits per heavy atom. The van der Waals surface area contributed by atoms with Crippen LogP contribution in [0.5, 0.6) is 0 Å². The van der Waals surface area contributed by atoms with Crippen molar-refractivity contribution in [3.8, 4) is 11.1 Å². The lowest BCUT2D eigenvalue weighted by Gasteiger charge is -2.13. The first kappa shape index (κ1) is 14.8. The Kier molecular flexibility index (Phi) is 4.97. The molecule has 1 nitrogen and oxygen atoms in total. The molecule has 0 saturated carbocycles. The zero-order valence-corrected chi connectivity index (χ0v) is 13.0. The summed E-state index contributed by atoms with van der Waals surface area (Å²) in [7, 11) is 0. The summed E-state index contributed by atoms with van der Waals surface area (Å²) < 4.78 is 0. The third kappa shape index (κ3) is 3.49. The third-order valence-corrected chi connectivity index (χ3v) is 3.83. The molecule has 1 unspecified atom stereocenters. The lowest BCUT2D eigenvalue weighted by atomic mass is 9.97. The Morgan fingerprint density at radius 2 is 1.20 bits per heavy atom. The van der Waals surface area contributed by atoms with E-state index >= 15 is 0 Å². The van der Waals surface area contributed by atoms with Crippen LogP contribution in [0.15, 0.2) is 48.5 Å². The molecule has 1 heteroatoms. The van der Waals surface area contributed by atoms with Crippen molar-refractivity contribution in [3.05, 3.63) is 59.7 Å². The molecule has 0 fully saturated rings. The van der Waals surface area contributed by atoms with E-state index in [1.165, 1.54) is 22.3 Å².